The highest BCUT2D eigenvalue weighted by molar-refractivity contribution is 5.92. The van der Waals surface area contributed by atoms with Crippen LogP contribution in [0.1, 0.15) is 12.8 Å². The molecule has 2 aromatic rings. The molecule has 2 amide bonds. The summed E-state index contributed by atoms with van der Waals surface area (Å²) in [6.45, 7) is 0.842. The Morgan fingerprint density at radius 1 is 1.20 bits per heavy atom. The van der Waals surface area contributed by atoms with Gasteiger partial charge in [-0.1, -0.05) is 0 Å². The van der Waals surface area contributed by atoms with E-state index in [9.17, 15) is 14.0 Å². The second-order valence-corrected chi connectivity index (χ2v) is 5.42. The molecule has 1 heterocycles. The van der Waals surface area contributed by atoms with Gasteiger partial charge >= 0.3 is 0 Å². The van der Waals surface area contributed by atoms with Gasteiger partial charge in [0, 0.05) is 39.1 Å². The summed E-state index contributed by atoms with van der Waals surface area (Å²) in [7, 11) is 3.30. The van der Waals surface area contributed by atoms with Crippen molar-refractivity contribution in [1.82, 2.24) is 14.9 Å². The first-order chi connectivity index (χ1) is 12.0. The lowest BCUT2D eigenvalue weighted by atomic mass is 10.2. The number of carbonyl (C=O) groups is 2. The van der Waals surface area contributed by atoms with Gasteiger partial charge in [0.15, 0.2) is 0 Å². The number of hydrogen-bond acceptors (Lipinski definition) is 4. The monoisotopic (exact) mass is 348 g/mol. The van der Waals surface area contributed by atoms with Crippen molar-refractivity contribution in [2.24, 2.45) is 7.05 Å². The molecule has 0 unspecified atom stereocenters. The summed E-state index contributed by atoms with van der Waals surface area (Å²) in [5.41, 5.74) is 1.53. The molecule has 2 N–H and O–H groups in total. The highest BCUT2D eigenvalue weighted by Crippen LogP contribution is 2.22. The van der Waals surface area contributed by atoms with Crippen molar-refractivity contribution in [3.05, 3.63) is 36.3 Å². The Kier molecular flexibility index (Phi) is 6.64. The highest BCUT2D eigenvalue weighted by atomic mass is 19.1. The van der Waals surface area contributed by atoms with Gasteiger partial charge < -0.3 is 14.6 Å². The third-order valence-electron chi connectivity index (χ3n) is 3.59. The molecule has 0 saturated heterocycles. The molecule has 7 nitrogen and oxygen atoms in total. The lowest BCUT2D eigenvalue weighted by Gasteiger charge is -2.08. The van der Waals surface area contributed by atoms with E-state index < -0.39 is 0 Å². The molecule has 25 heavy (non-hydrogen) atoms. The number of carbonyl (C=O) groups excluding carboxylic acids is 2. The molecule has 0 aliphatic rings. The summed E-state index contributed by atoms with van der Waals surface area (Å²) in [5.74, 6) is -0.465. The zero-order chi connectivity index (χ0) is 18.2. The number of amides is 2. The standard InChI is InChI=1S/C17H21FN4O3/c1-22-14(12-3-5-13(18)6-4-12)11-20-17(22)21-16(24)8-7-15(23)19-9-10-25-2/h3-6,11H,7-10H2,1-2H3,(H,19,23)(H,20,21,24). The van der Waals surface area contributed by atoms with E-state index in [1.54, 1.807) is 37.1 Å². The van der Waals surface area contributed by atoms with E-state index in [1.165, 1.54) is 12.1 Å². The number of ether oxygens (including phenoxy) is 1. The number of anilines is 1. The van der Waals surface area contributed by atoms with E-state index in [0.29, 0.717) is 19.1 Å². The zero-order valence-electron chi connectivity index (χ0n) is 14.2. The molecule has 0 radical (unpaired) electrons. The van der Waals surface area contributed by atoms with E-state index in [4.69, 9.17) is 4.74 Å². The van der Waals surface area contributed by atoms with E-state index in [0.717, 1.165) is 11.3 Å². The third-order valence-corrected chi connectivity index (χ3v) is 3.59. The quantitative estimate of drug-likeness (QED) is 0.711. The van der Waals surface area contributed by atoms with Crippen LogP contribution >= 0.6 is 0 Å². The Hall–Kier alpha value is -2.74. The Balaban J connectivity index is 1.89. The predicted molar refractivity (Wildman–Crippen MR) is 91.4 cm³/mol. The number of nitrogens with zero attached hydrogens (tertiary/aromatic N) is 2. The molecule has 1 aromatic heterocycles. The van der Waals surface area contributed by atoms with Crippen molar-refractivity contribution >= 4 is 17.8 Å². The van der Waals surface area contributed by atoms with Gasteiger partial charge in [0.1, 0.15) is 5.82 Å². The van der Waals surface area contributed by atoms with Gasteiger partial charge in [0.25, 0.3) is 0 Å². The summed E-state index contributed by atoms with van der Waals surface area (Å²) in [5, 5.41) is 5.32. The molecule has 0 fully saturated rings. The minimum absolute atomic E-state index is 0.0531. The first kappa shape index (κ1) is 18.6. The molecule has 134 valence electrons. The summed E-state index contributed by atoms with van der Waals surface area (Å²) >= 11 is 0. The Morgan fingerprint density at radius 3 is 2.56 bits per heavy atom. The number of benzene rings is 1. The Labute approximate surface area is 145 Å². The van der Waals surface area contributed by atoms with E-state index in [2.05, 4.69) is 15.6 Å². The van der Waals surface area contributed by atoms with Crippen molar-refractivity contribution in [2.75, 3.05) is 25.6 Å². The van der Waals surface area contributed by atoms with Gasteiger partial charge in [-0.2, -0.15) is 0 Å². The topological polar surface area (TPSA) is 85.2 Å². The number of rotatable bonds is 8. The van der Waals surface area contributed by atoms with Gasteiger partial charge in [-0.15, -0.1) is 0 Å². The Bertz CT molecular complexity index is 728. The first-order valence-electron chi connectivity index (χ1n) is 7.84. The predicted octanol–water partition coefficient (Wildman–Crippen LogP) is 1.71. The molecule has 0 spiro atoms. The van der Waals surface area contributed by atoms with E-state index >= 15 is 0 Å². The van der Waals surface area contributed by atoms with Gasteiger partial charge in [0.05, 0.1) is 18.5 Å². The largest absolute Gasteiger partial charge is 0.383 e. The molecular weight excluding hydrogens is 327 g/mol. The molecular formula is C17H21FN4O3. The maximum atomic E-state index is 13.0. The fraction of sp³-hybridized carbons (Fsp3) is 0.353. The Morgan fingerprint density at radius 2 is 1.88 bits per heavy atom. The van der Waals surface area contributed by atoms with Crippen molar-refractivity contribution in [2.45, 2.75) is 12.8 Å². The SMILES string of the molecule is COCCNC(=O)CCC(=O)Nc1ncc(-c2ccc(F)cc2)n1C. The van der Waals surface area contributed by atoms with Crippen LogP contribution in [-0.2, 0) is 21.4 Å². The van der Waals surface area contributed by atoms with Crippen LogP contribution in [0.5, 0.6) is 0 Å². The van der Waals surface area contributed by atoms with Crippen LogP contribution in [0.25, 0.3) is 11.3 Å². The zero-order valence-corrected chi connectivity index (χ0v) is 14.2. The van der Waals surface area contributed by atoms with Crippen LogP contribution in [0, 0.1) is 5.82 Å². The fourth-order valence-corrected chi connectivity index (χ4v) is 2.21. The molecule has 0 aliphatic heterocycles. The van der Waals surface area contributed by atoms with Gasteiger partial charge in [-0.3, -0.25) is 14.9 Å². The molecule has 0 saturated carbocycles. The molecule has 8 heteroatoms. The molecule has 1 aromatic carbocycles. The van der Waals surface area contributed by atoms with Crippen molar-refractivity contribution in [3.8, 4) is 11.3 Å². The van der Waals surface area contributed by atoms with Crippen molar-refractivity contribution in [1.29, 1.82) is 0 Å². The normalized spacial score (nSPS) is 10.5. The number of aromatic nitrogens is 2. The van der Waals surface area contributed by atoms with Crippen LogP contribution < -0.4 is 10.6 Å². The summed E-state index contributed by atoms with van der Waals surface area (Å²) in [6, 6.07) is 6.01. The number of halogens is 1. The number of nitrogens with one attached hydrogen (secondary N) is 2. The average Bonchev–Trinajstić information content (AvgIpc) is 2.95. The van der Waals surface area contributed by atoms with Gasteiger partial charge in [-0.25, -0.2) is 9.37 Å². The maximum Gasteiger partial charge on any atom is 0.227 e. The molecule has 2 rings (SSSR count). The summed E-state index contributed by atoms with van der Waals surface area (Å²) in [6.07, 6.45) is 1.74. The van der Waals surface area contributed by atoms with E-state index in [-0.39, 0.29) is 30.5 Å². The summed E-state index contributed by atoms with van der Waals surface area (Å²) < 4.78 is 19.5. The van der Waals surface area contributed by atoms with Crippen LogP contribution in [0.15, 0.2) is 30.5 Å². The minimum Gasteiger partial charge on any atom is -0.383 e. The van der Waals surface area contributed by atoms with Gasteiger partial charge in [0.2, 0.25) is 17.8 Å². The molecule has 0 atom stereocenters. The number of hydrogen-bond donors (Lipinski definition) is 2. The second-order valence-electron chi connectivity index (χ2n) is 5.42. The van der Waals surface area contributed by atoms with Crippen LogP contribution in [0.4, 0.5) is 10.3 Å². The summed E-state index contributed by atoms with van der Waals surface area (Å²) in [4.78, 5) is 27.7. The van der Waals surface area contributed by atoms with Crippen LogP contribution in [0.2, 0.25) is 0 Å². The average molecular weight is 348 g/mol. The lowest BCUT2D eigenvalue weighted by Crippen LogP contribution is -2.28. The third kappa shape index (κ3) is 5.39. The maximum absolute atomic E-state index is 13.0. The van der Waals surface area contributed by atoms with Crippen LogP contribution in [-0.4, -0.2) is 41.6 Å². The fourth-order valence-electron chi connectivity index (χ4n) is 2.21. The van der Waals surface area contributed by atoms with E-state index in [1.807, 2.05) is 0 Å². The second kappa shape index (κ2) is 8.93. The number of methoxy groups -OCH3 is 1. The van der Waals surface area contributed by atoms with Crippen molar-refractivity contribution in [3.63, 3.8) is 0 Å². The molecule has 0 aliphatic carbocycles. The number of imidazole rings is 1. The molecule has 0 bridgehead atoms. The first-order valence-corrected chi connectivity index (χ1v) is 7.84. The minimum atomic E-state index is -0.316. The lowest BCUT2D eigenvalue weighted by molar-refractivity contribution is -0.124. The highest BCUT2D eigenvalue weighted by Gasteiger charge is 2.12. The van der Waals surface area contributed by atoms with Gasteiger partial charge in [-0.05, 0) is 24.3 Å². The smallest absolute Gasteiger partial charge is 0.227 e. The van der Waals surface area contributed by atoms with Crippen LogP contribution in [0.3, 0.4) is 0 Å². The van der Waals surface area contributed by atoms with Crippen molar-refractivity contribution < 1.29 is 18.7 Å².